The van der Waals surface area contributed by atoms with E-state index in [2.05, 4.69) is 5.16 Å². The number of benzene rings is 2. The van der Waals surface area contributed by atoms with Crippen LogP contribution in [0.3, 0.4) is 0 Å². The number of oxime groups is 1. The average molecular weight is 351 g/mol. The number of nitrogens with zero attached hydrogens (tertiary/aromatic N) is 1. The van der Waals surface area contributed by atoms with Gasteiger partial charge in [0.2, 0.25) is 0 Å². The molecule has 0 aliphatic rings. The fraction of sp³-hybridized carbons (Fsp3) is 0.222. The Hall–Kier alpha value is -2.83. The topological polar surface area (TPSA) is 58.9 Å². The second kappa shape index (κ2) is 7.83. The van der Waals surface area contributed by atoms with Gasteiger partial charge in [0.1, 0.15) is 6.61 Å². The molecule has 0 aliphatic carbocycles. The molecule has 0 bridgehead atoms. The number of halogens is 3. The normalized spacial score (nSPS) is 12.1. The van der Waals surface area contributed by atoms with Crippen LogP contribution >= 0.6 is 0 Å². The third kappa shape index (κ3) is 5.34. The Morgan fingerprint density at radius 1 is 1.12 bits per heavy atom. The molecule has 0 heterocycles. The smallest absolute Gasteiger partial charge is 0.416 e. The SMILES string of the molecule is C/C(=N\OCc1ccccc1CC(=O)O)c1cccc(C(F)(F)F)c1. The van der Waals surface area contributed by atoms with E-state index in [1.54, 1.807) is 31.2 Å². The van der Waals surface area contributed by atoms with Gasteiger partial charge in [-0.05, 0) is 35.7 Å². The molecule has 7 heteroatoms. The molecule has 4 nitrogen and oxygen atoms in total. The Balaban J connectivity index is 2.09. The van der Waals surface area contributed by atoms with E-state index in [1.165, 1.54) is 12.1 Å². The zero-order valence-electron chi connectivity index (χ0n) is 13.4. The van der Waals surface area contributed by atoms with E-state index in [9.17, 15) is 18.0 Å². The van der Waals surface area contributed by atoms with Crippen LogP contribution in [-0.2, 0) is 28.8 Å². The van der Waals surface area contributed by atoms with Crippen LogP contribution in [0.1, 0.15) is 29.2 Å². The summed E-state index contributed by atoms with van der Waals surface area (Å²) in [7, 11) is 0. The van der Waals surface area contributed by atoms with Crippen molar-refractivity contribution in [1.82, 2.24) is 0 Å². The van der Waals surface area contributed by atoms with Crippen molar-refractivity contribution in [2.45, 2.75) is 26.1 Å². The number of hydrogen-bond donors (Lipinski definition) is 1. The first kappa shape index (κ1) is 18.5. The standard InChI is InChI=1S/C18H16F3NO3/c1-12(13-7-4-8-16(9-13)18(19,20)21)22-25-11-15-6-3-2-5-14(15)10-17(23)24/h2-9H,10-11H2,1H3,(H,23,24)/b22-12+. The predicted molar refractivity (Wildman–Crippen MR) is 86.2 cm³/mol. The van der Waals surface area contributed by atoms with Gasteiger partial charge in [-0.1, -0.05) is 41.6 Å². The first-order chi connectivity index (χ1) is 11.8. The van der Waals surface area contributed by atoms with Crippen LogP contribution in [-0.4, -0.2) is 16.8 Å². The maximum absolute atomic E-state index is 12.7. The minimum Gasteiger partial charge on any atom is -0.481 e. The number of alkyl halides is 3. The summed E-state index contributed by atoms with van der Waals surface area (Å²) in [5, 5.41) is 12.7. The molecule has 0 saturated heterocycles. The number of carbonyl (C=O) groups is 1. The molecule has 0 amide bonds. The fourth-order valence-electron chi connectivity index (χ4n) is 2.21. The van der Waals surface area contributed by atoms with Gasteiger partial charge in [-0.15, -0.1) is 0 Å². The van der Waals surface area contributed by atoms with E-state index < -0.39 is 17.7 Å². The van der Waals surface area contributed by atoms with Crippen molar-refractivity contribution in [2.24, 2.45) is 5.16 Å². The molecule has 0 radical (unpaired) electrons. The third-order valence-electron chi connectivity index (χ3n) is 3.49. The number of rotatable bonds is 6. The van der Waals surface area contributed by atoms with Gasteiger partial charge in [0.05, 0.1) is 17.7 Å². The fourth-order valence-corrected chi connectivity index (χ4v) is 2.21. The molecule has 0 saturated carbocycles. The van der Waals surface area contributed by atoms with E-state index in [-0.39, 0.29) is 13.0 Å². The lowest BCUT2D eigenvalue weighted by molar-refractivity contribution is -0.138. The molecule has 0 aliphatic heterocycles. The second-order valence-electron chi connectivity index (χ2n) is 5.37. The van der Waals surface area contributed by atoms with Crippen LogP contribution in [0.4, 0.5) is 13.2 Å². The van der Waals surface area contributed by atoms with Crippen molar-refractivity contribution in [2.75, 3.05) is 0 Å². The molecule has 1 N–H and O–H groups in total. The first-order valence-corrected chi connectivity index (χ1v) is 7.40. The van der Waals surface area contributed by atoms with Gasteiger partial charge >= 0.3 is 12.1 Å². The summed E-state index contributed by atoms with van der Waals surface area (Å²) < 4.78 is 38.2. The van der Waals surface area contributed by atoms with Crippen molar-refractivity contribution >= 4 is 11.7 Å². The molecule has 2 aromatic rings. The first-order valence-electron chi connectivity index (χ1n) is 7.40. The minimum absolute atomic E-state index is 0.0275. The van der Waals surface area contributed by atoms with Gasteiger partial charge < -0.3 is 9.94 Å². The molecular formula is C18H16F3NO3. The maximum Gasteiger partial charge on any atom is 0.416 e. The molecule has 0 fully saturated rings. The van der Waals surface area contributed by atoms with Crippen LogP contribution in [0.25, 0.3) is 0 Å². The van der Waals surface area contributed by atoms with E-state index in [0.29, 0.717) is 22.4 Å². The van der Waals surface area contributed by atoms with Crippen LogP contribution in [0.15, 0.2) is 53.7 Å². The largest absolute Gasteiger partial charge is 0.481 e. The van der Waals surface area contributed by atoms with Crippen molar-refractivity contribution < 1.29 is 27.9 Å². The monoisotopic (exact) mass is 351 g/mol. The lowest BCUT2D eigenvalue weighted by Gasteiger charge is -2.09. The van der Waals surface area contributed by atoms with E-state index in [0.717, 1.165) is 12.1 Å². The molecule has 0 aromatic heterocycles. The molecule has 132 valence electrons. The summed E-state index contributed by atoms with van der Waals surface area (Å²) in [4.78, 5) is 16.0. The molecular weight excluding hydrogens is 335 g/mol. The number of hydrogen-bond acceptors (Lipinski definition) is 3. The zero-order valence-corrected chi connectivity index (χ0v) is 13.4. The summed E-state index contributed by atoms with van der Waals surface area (Å²) in [5.41, 5.74) is 1.09. The Labute approximate surface area is 142 Å². The van der Waals surface area contributed by atoms with Crippen molar-refractivity contribution in [3.05, 3.63) is 70.8 Å². The van der Waals surface area contributed by atoms with Gasteiger partial charge in [-0.2, -0.15) is 13.2 Å². The summed E-state index contributed by atoms with van der Waals surface area (Å²) in [6, 6.07) is 11.7. The highest BCUT2D eigenvalue weighted by atomic mass is 19.4. The number of carboxylic acid groups (broad SMARTS) is 1. The van der Waals surface area contributed by atoms with Gasteiger partial charge in [-0.3, -0.25) is 4.79 Å². The van der Waals surface area contributed by atoms with Crippen LogP contribution < -0.4 is 0 Å². The van der Waals surface area contributed by atoms with E-state index in [1.807, 2.05) is 0 Å². The van der Waals surface area contributed by atoms with Crippen LogP contribution in [0, 0.1) is 0 Å². The number of carboxylic acids is 1. The third-order valence-corrected chi connectivity index (χ3v) is 3.49. The minimum atomic E-state index is -4.42. The highest BCUT2D eigenvalue weighted by Gasteiger charge is 2.30. The van der Waals surface area contributed by atoms with Crippen molar-refractivity contribution in [3.8, 4) is 0 Å². The summed E-state index contributed by atoms with van der Waals surface area (Å²) in [6.07, 6.45) is -4.57. The summed E-state index contributed by atoms with van der Waals surface area (Å²) in [6.45, 7) is 1.57. The molecule has 0 spiro atoms. The van der Waals surface area contributed by atoms with E-state index >= 15 is 0 Å². The van der Waals surface area contributed by atoms with Crippen LogP contribution in [0.5, 0.6) is 0 Å². The van der Waals surface area contributed by atoms with Crippen LogP contribution in [0.2, 0.25) is 0 Å². The summed E-state index contributed by atoms with van der Waals surface area (Å²) >= 11 is 0. The second-order valence-corrected chi connectivity index (χ2v) is 5.37. The Morgan fingerprint density at radius 2 is 1.80 bits per heavy atom. The summed E-state index contributed by atoms with van der Waals surface area (Å²) in [5.74, 6) is -0.962. The quantitative estimate of drug-likeness (QED) is 0.624. The van der Waals surface area contributed by atoms with Gasteiger partial charge in [0.15, 0.2) is 0 Å². The lowest BCUT2D eigenvalue weighted by Crippen LogP contribution is -2.07. The molecule has 0 atom stereocenters. The lowest BCUT2D eigenvalue weighted by atomic mass is 10.1. The average Bonchev–Trinajstić information content (AvgIpc) is 2.55. The molecule has 2 rings (SSSR count). The molecule has 2 aromatic carbocycles. The van der Waals surface area contributed by atoms with Gasteiger partial charge in [-0.25, -0.2) is 0 Å². The Kier molecular flexibility index (Phi) is 5.80. The zero-order chi connectivity index (χ0) is 18.4. The predicted octanol–water partition coefficient (Wildman–Crippen LogP) is 4.27. The highest BCUT2D eigenvalue weighted by Crippen LogP contribution is 2.29. The molecule has 25 heavy (non-hydrogen) atoms. The molecule has 0 unspecified atom stereocenters. The van der Waals surface area contributed by atoms with Gasteiger partial charge in [0.25, 0.3) is 0 Å². The number of aliphatic carboxylic acids is 1. The van der Waals surface area contributed by atoms with Crippen molar-refractivity contribution in [3.63, 3.8) is 0 Å². The highest BCUT2D eigenvalue weighted by molar-refractivity contribution is 5.98. The maximum atomic E-state index is 12.7. The van der Waals surface area contributed by atoms with Gasteiger partial charge in [0, 0.05) is 0 Å². The Bertz CT molecular complexity index is 785. The Morgan fingerprint density at radius 3 is 2.44 bits per heavy atom. The van der Waals surface area contributed by atoms with E-state index in [4.69, 9.17) is 9.94 Å². The van der Waals surface area contributed by atoms with Crippen molar-refractivity contribution in [1.29, 1.82) is 0 Å².